The molecule has 152 valence electrons. The summed E-state index contributed by atoms with van der Waals surface area (Å²) >= 11 is 6.01. The number of nitrogens with one attached hydrogen (secondary N) is 3. The van der Waals surface area contributed by atoms with Gasteiger partial charge in [-0.2, -0.15) is 0 Å². The smallest absolute Gasteiger partial charge is 0.241 e. The summed E-state index contributed by atoms with van der Waals surface area (Å²) in [6, 6.07) is 12.8. The monoisotopic (exact) mass is 423 g/mol. The van der Waals surface area contributed by atoms with E-state index in [1.807, 2.05) is 25.1 Å². The Morgan fingerprint density at radius 3 is 2.21 bits per heavy atom. The van der Waals surface area contributed by atoms with Crippen LogP contribution >= 0.6 is 11.6 Å². The number of sulfonamides is 1. The van der Waals surface area contributed by atoms with Crippen LogP contribution in [0.4, 0.5) is 5.69 Å². The van der Waals surface area contributed by atoms with E-state index in [4.69, 9.17) is 11.6 Å². The molecule has 0 aromatic heterocycles. The summed E-state index contributed by atoms with van der Waals surface area (Å²) in [6.07, 6.45) is 0. The molecule has 28 heavy (non-hydrogen) atoms. The minimum Gasteiger partial charge on any atom is -0.325 e. The highest BCUT2D eigenvalue weighted by Gasteiger charge is 2.18. The molecule has 8 heteroatoms. The molecule has 0 spiro atoms. The fraction of sp³-hybridized carbons (Fsp3) is 0.350. The van der Waals surface area contributed by atoms with Crippen LogP contribution in [0, 0.1) is 0 Å². The first-order valence-electron chi connectivity index (χ1n) is 9.03. The second-order valence-electron chi connectivity index (χ2n) is 6.95. The maximum Gasteiger partial charge on any atom is 0.241 e. The zero-order valence-corrected chi connectivity index (χ0v) is 17.9. The highest BCUT2D eigenvalue weighted by Crippen LogP contribution is 2.18. The van der Waals surface area contributed by atoms with Gasteiger partial charge in [0.05, 0.1) is 10.9 Å². The van der Waals surface area contributed by atoms with E-state index >= 15 is 0 Å². The van der Waals surface area contributed by atoms with Crippen molar-refractivity contribution in [1.82, 2.24) is 10.0 Å². The van der Waals surface area contributed by atoms with Crippen molar-refractivity contribution in [1.29, 1.82) is 0 Å². The fourth-order valence-electron chi connectivity index (χ4n) is 2.67. The van der Waals surface area contributed by atoms with Crippen LogP contribution < -0.4 is 15.4 Å². The molecule has 0 aliphatic heterocycles. The zero-order valence-electron chi connectivity index (χ0n) is 16.4. The minimum atomic E-state index is -3.56. The Morgan fingerprint density at radius 1 is 1.00 bits per heavy atom. The Kier molecular flexibility index (Phi) is 7.60. The predicted octanol–water partition coefficient (Wildman–Crippen LogP) is 3.70. The van der Waals surface area contributed by atoms with Crippen LogP contribution in [0.3, 0.4) is 0 Å². The highest BCUT2D eigenvalue weighted by atomic mass is 35.5. The van der Waals surface area contributed by atoms with Crippen LogP contribution in [0.25, 0.3) is 0 Å². The molecule has 0 aliphatic rings. The van der Waals surface area contributed by atoms with Crippen LogP contribution in [0.2, 0.25) is 5.02 Å². The molecule has 0 bridgehead atoms. The van der Waals surface area contributed by atoms with Gasteiger partial charge in [-0.1, -0.05) is 23.7 Å². The lowest BCUT2D eigenvalue weighted by Gasteiger charge is -2.20. The Morgan fingerprint density at radius 2 is 1.64 bits per heavy atom. The SMILES string of the molecule is CC(C)NS(=O)(=O)c1ccc(NC(=O)[C@H](C)N[C@@H](C)c2cccc(Cl)c2)cc1. The van der Waals surface area contributed by atoms with E-state index in [0.717, 1.165) is 5.56 Å². The Bertz CT molecular complexity index is 915. The van der Waals surface area contributed by atoms with Gasteiger partial charge in [0.15, 0.2) is 0 Å². The van der Waals surface area contributed by atoms with Gasteiger partial charge in [0.2, 0.25) is 15.9 Å². The number of carbonyl (C=O) groups excluding carboxylic acids is 1. The molecule has 0 heterocycles. The number of amides is 1. The standard InChI is InChI=1S/C20H26ClN3O3S/c1-13(2)24-28(26,27)19-10-8-18(9-11-19)23-20(25)15(4)22-14(3)16-6-5-7-17(21)12-16/h5-15,22,24H,1-4H3,(H,23,25)/t14-,15-/m0/s1. The van der Waals surface area contributed by atoms with Crippen LogP contribution in [-0.4, -0.2) is 26.4 Å². The average Bonchev–Trinajstić information content (AvgIpc) is 2.61. The maximum absolute atomic E-state index is 12.4. The van der Waals surface area contributed by atoms with Crippen molar-refractivity contribution in [2.75, 3.05) is 5.32 Å². The third-order valence-electron chi connectivity index (χ3n) is 4.06. The van der Waals surface area contributed by atoms with Crippen molar-refractivity contribution >= 4 is 33.2 Å². The quantitative estimate of drug-likeness (QED) is 0.604. The number of hydrogen-bond acceptors (Lipinski definition) is 4. The van der Waals surface area contributed by atoms with Gasteiger partial charge in [0.25, 0.3) is 0 Å². The van der Waals surface area contributed by atoms with Gasteiger partial charge in [-0.3, -0.25) is 10.1 Å². The van der Waals surface area contributed by atoms with Crippen LogP contribution in [0.1, 0.15) is 39.3 Å². The van der Waals surface area contributed by atoms with Crippen molar-refractivity contribution in [2.45, 2.75) is 50.7 Å². The van der Waals surface area contributed by atoms with Crippen molar-refractivity contribution in [3.8, 4) is 0 Å². The predicted molar refractivity (Wildman–Crippen MR) is 113 cm³/mol. The van der Waals surface area contributed by atoms with Gasteiger partial charge in [0.1, 0.15) is 0 Å². The molecule has 0 unspecified atom stereocenters. The van der Waals surface area contributed by atoms with E-state index in [-0.39, 0.29) is 22.9 Å². The topological polar surface area (TPSA) is 87.3 Å². The van der Waals surface area contributed by atoms with Gasteiger partial charge in [0, 0.05) is 22.8 Å². The third-order valence-corrected chi connectivity index (χ3v) is 5.97. The molecule has 2 aromatic carbocycles. The summed E-state index contributed by atoms with van der Waals surface area (Å²) in [5, 5.41) is 6.65. The van der Waals surface area contributed by atoms with Gasteiger partial charge >= 0.3 is 0 Å². The molecule has 0 saturated heterocycles. The van der Waals surface area contributed by atoms with Crippen molar-refractivity contribution in [2.24, 2.45) is 0 Å². The molecular formula is C20H26ClN3O3S. The molecule has 0 radical (unpaired) electrons. The number of rotatable bonds is 8. The normalized spacial score (nSPS) is 13.9. The Labute approximate surface area is 171 Å². The molecule has 3 N–H and O–H groups in total. The first kappa shape index (κ1) is 22.4. The van der Waals surface area contributed by atoms with E-state index in [1.54, 1.807) is 39.0 Å². The maximum atomic E-state index is 12.4. The van der Waals surface area contributed by atoms with Crippen LogP contribution in [-0.2, 0) is 14.8 Å². The van der Waals surface area contributed by atoms with E-state index in [9.17, 15) is 13.2 Å². The van der Waals surface area contributed by atoms with E-state index in [0.29, 0.717) is 10.7 Å². The molecular weight excluding hydrogens is 398 g/mol. The molecule has 2 atom stereocenters. The first-order valence-corrected chi connectivity index (χ1v) is 10.9. The lowest BCUT2D eigenvalue weighted by Crippen LogP contribution is -2.39. The summed E-state index contributed by atoms with van der Waals surface area (Å²) in [7, 11) is -3.56. The van der Waals surface area contributed by atoms with Gasteiger partial charge < -0.3 is 5.32 Å². The third kappa shape index (κ3) is 6.31. The summed E-state index contributed by atoms with van der Waals surface area (Å²) in [5.41, 5.74) is 1.51. The van der Waals surface area contributed by atoms with E-state index < -0.39 is 16.1 Å². The summed E-state index contributed by atoms with van der Waals surface area (Å²) in [4.78, 5) is 12.6. The molecule has 1 amide bonds. The molecule has 6 nitrogen and oxygen atoms in total. The largest absolute Gasteiger partial charge is 0.325 e. The minimum absolute atomic E-state index is 0.0610. The molecule has 2 rings (SSSR count). The average molecular weight is 424 g/mol. The molecule has 0 saturated carbocycles. The molecule has 2 aromatic rings. The zero-order chi connectivity index (χ0) is 20.9. The second-order valence-corrected chi connectivity index (χ2v) is 9.11. The van der Waals surface area contributed by atoms with Gasteiger partial charge in [-0.15, -0.1) is 0 Å². The number of halogens is 1. The van der Waals surface area contributed by atoms with E-state index in [2.05, 4.69) is 15.4 Å². The lowest BCUT2D eigenvalue weighted by molar-refractivity contribution is -0.117. The fourth-order valence-corrected chi connectivity index (χ4v) is 4.12. The number of benzene rings is 2. The second kappa shape index (κ2) is 9.52. The summed E-state index contributed by atoms with van der Waals surface area (Å²) < 4.78 is 26.8. The van der Waals surface area contributed by atoms with E-state index in [1.165, 1.54) is 12.1 Å². The summed E-state index contributed by atoms with van der Waals surface area (Å²) in [5.74, 6) is -0.218. The van der Waals surface area contributed by atoms with Crippen molar-refractivity contribution < 1.29 is 13.2 Å². The lowest BCUT2D eigenvalue weighted by atomic mass is 10.1. The molecule has 0 aliphatic carbocycles. The highest BCUT2D eigenvalue weighted by molar-refractivity contribution is 7.89. The van der Waals surface area contributed by atoms with Crippen molar-refractivity contribution in [3.05, 3.63) is 59.1 Å². The van der Waals surface area contributed by atoms with Gasteiger partial charge in [-0.25, -0.2) is 13.1 Å². The molecule has 0 fully saturated rings. The van der Waals surface area contributed by atoms with Crippen LogP contribution in [0.5, 0.6) is 0 Å². The number of carbonyl (C=O) groups is 1. The Hall–Kier alpha value is -1.93. The summed E-state index contributed by atoms with van der Waals surface area (Å²) in [6.45, 7) is 7.23. The van der Waals surface area contributed by atoms with Crippen LogP contribution in [0.15, 0.2) is 53.4 Å². The number of anilines is 1. The number of hydrogen-bond donors (Lipinski definition) is 3. The van der Waals surface area contributed by atoms with Gasteiger partial charge in [-0.05, 0) is 69.7 Å². The first-order chi connectivity index (χ1) is 13.1. The van der Waals surface area contributed by atoms with Crippen molar-refractivity contribution in [3.63, 3.8) is 0 Å². The Balaban J connectivity index is 1.98.